The largest absolute Gasteiger partial charge is 0.360 e. The number of nitrogens with one attached hydrogen (secondary N) is 2. The van der Waals surface area contributed by atoms with E-state index < -0.39 is 0 Å². The van der Waals surface area contributed by atoms with Gasteiger partial charge in [0.05, 0.1) is 11.4 Å². The molecule has 9 heteroatoms. The molecule has 0 aromatic carbocycles. The molecular weight excluding hydrogens is 314 g/mol. The van der Waals surface area contributed by atoms with E-state index in [0.717, 1.165) is 28.1 Å². The summed E-state index contributed by atoms with van der Waals surface area (Å²) < 4.78 is 0.786. The summed E-state index contributed by atoms with van der Waals surface area (Å²) in [5.41, 5.74) is 0.911. The standard InChI is InChI=1S/C11H15N5OS3/c1-3-4-12-9-15-16-11(20-9)19-6-8(17)14-10-13-7(2)5-18-10/h5H,3-4,6H2,1-2H3,(H,12,15)(H,13,14,17). The number of carbonyl (C=O) groups is 1. The summed E-state index contributed by atoms with van der Waals surface area (Å²) in [5.74, 6) is 0.226. The molecule has 2 heterocycles. The van der Waals surface area contributed by atoms with Crippen LogP contribution in [0.15, 0.2) is 9.72 Å². The molecule has 0 aliphatic carbocycles. The quantitative estimate of drug-likeness (QED) is 0.760. The number of amides is 1. The molecule has 2 aromatic heterocycles. The van der Waals surface area contributed by atoms with Gasteiger partial charge in [-0.3, -0.25) is 4.79 Å². The van der Waals surface area contributed by atoms with E-state index in [4.69, 9.17) is 0 Å². The highest BCUT2D eigenvalue weighted by atomic mass is 32.2. The Hall–Kier alpha value is -1.19. The van der Waals surface area contributed by atoms with E-state index in [9.17, 15) is 4.79 Å². The van der Waals surface area contributed by atoms with Gasteiger partial charge >= 0.3 is 0 Å². The average molecular weight is 329 g/mol. The van der Waals surface area contributed by atoms with Crippen molar-refractivity contribution in [1.29, 1.82) is 0 Å². The molecule has 2 rings (SSSR count). The zero-order chi connectivity index (χ0) is 14.4. The highest BCUT2D eigenvalue weighted by Gasteiger charge is 2.09. The van der Waals surface area contributed by atoms with Gasteiger partial charge in [0.25, 0.3) is 0 Å². The van der Waals surface area contributed by atoms with Gasteiger partial charge < -0.3 is 10.6 Å². The summed E-state index contributed by atoms with van der Waals surface area (Å²) in [5, 5.41) is 17.3. The molecule has 0 spiro atoms. The van der Waals surface area contributed by atoms with Gasteiger partial charge in [0.15, 0.2) is 9.47 Å². The lowest BCUT2D eigenvalue weighted by atomic mass is 10.5. The van der Waals surface area contributed by atoms with E-state index in [0.29, 0.717) is 10.9 Å². The highest BCUT2D eigenvalue weighted by molar-refractivity contribution is 8.01. The Labute approximate surface area is 129 Å². The van der Waals surface area contributed by atoms with E-state index in [1.165, 1.54) is 34.4 Å². The lowest BCUT2D eigenvalue weighted by Crippen LogP contribution is -2.13. The van der Waals surface area contributed by atoms with Crippen molar-refractivity contribution in [2.75, 3.05) is 22.9 Å². The zero-order valence-electron chi connectivity index (χ0n) is 11.2. The van der Waals surface area contributed by atoms with Crippen molar-refractivity contribution < 1.29 is 4.79 Å². The molecule has 108 valence electrons. The number of carbonyl (C=O) groups excluding carboxylic acids is 1. The summed E-state index contributed by atoms with van der Waals surface area (Å²) in [7, 11) is 0. The molecule has 0 saturated carbocycles. The van der Waals surface area contributed by atoms with Crippen LogP contribution >= 0.6 is 34.4 Å². The van der Waals surface area contributed by atoms with Crippen molar-refractivity contribution in [1.82, 2.24) is 15.2 Å². The summed E-state index contributed by atoms with van der Waals surface area (Å²) in [6.07, 6.45) is 1.04. The molecule has 0 atom stereocenters. The minimum absolute atomic E-state index is 0.0809. The number of thiazole rings is 1. The topological polar surface area (TPSA) is 79.8 Å². The maximum atomic E-state index is 11.7. The van der Waals surface area contributed by atoms with Crippen LogP contribution in [0.5, 0.6) is 0 Å². The summed E-state index contributed by atoms with van der Waals surface area (Å²) in [6, 6.07) is 0. The number of anilines is 2. The van der Waals surface area contributed by atoms with E-state index in [1.54, 1.807) is 0 Å². The Morgan fingerprint density at radius 3 is 2.95 bits per heavy atom. The van der Waals surface area contributed by atoms with Gasteiger partial charge in [0, 0.05) is 11.9 Å². The lowest BCUT2D eigenvalue weighted by molar-refractivity contribution is -0.113. The van der Waals surface area contributed by atoms with Gasteiger partial charge in [-0.1, -0.05) is 30.0 Å². The summed E-state index contributed by atoms with van der Waals surface area (Å²) in [6.45, 7) is 4.87. The van der Waals surface area contributed by atoms with Gasteiger partial charge in [-0.15, -0.1) is 21.5 Å². The van der Waals surface area contributed by atoms with Crippen LogP contribution in [0.25, 0.3) is 0 Å². The van der Waals surface area contributed by atoms with E-state index in [-0.39, 0.29) is 5.91 Å². The predicted octanol–water partition coefficient (Wildman–Crippen LogP) is 2.86. The van der Waals surface area contributed by atoms with Crippen LogP contribution in [0.2, 0.25) is 0 Å². The Morgan fingerprint density at radius 1 is 1.40 bits per heavy atom. The summed E-state index contributed by atoms with van der Waals surface area (Å²) >= 11 is 4.27. The van der Waals surface area contributed by atoms with Gasteiger partial charge in [-0.05, 0) is 13.3 Å². The molecule has 0 fully saturated rings. The first-order valence-corrected chi connectivity index (χ1v) is 8.77. The fourth-order valence-corrected chi connectivity index (χ4v) is 3.55. The molecule has 0 aliphatic heterocycles. The number of nitrogens with zero attached hydrogens (tertiary/aromatic N) is 3. The molecule has 0 bridgehead atoms. The first-order valence-electron chi connectivity index (χ1n) is 6.09. The van der Waals surface area contributed by atoms with Crippen LogP contribution in [0.1, 0.15) is 19.0 Å². The fourth-order valence-electron chi connectivity index (χ4n) is 1.27. The first-order chi connectivity index (χ1) is 9.67. The number of thioether (sulfide) groups is 1. The molecule has 2 N–H and O–H groups in total. The minimum atomic E-state index is -0.0809. The SMILES string of the molecule is CCCNc1nnc(SCC(=O)Nc2nc(C)cs2)s1. The Morgan fingerprint density at radius 2 is 2.25 bits per heavy atom. The molecule has 0 unspecified atom stereocenters. The maximum Gasteiger partial charge on any atom is 0.236 e. The second-order valence-corrected chi connectivity index (χ2v) is 6.99. The van der Waals surface area contributed by atoms with Gasteiger partial charge in [-0.2, -0.15) is 0 Å². The molecule has 0 aliphatic rings. The Balaban J connectivity index is 1.76. The first kappa shape index (κ1) is 15.2. The molecular formula is C11H15N5OS3. The van der Waals surface area contributed by atoms with Gasteiger partial charge in [0.2, 0.25) is 11.0 Å². The van der Waals surface area contributed by atoms with E-state index in [1.807, 2.05) is 12.3 Å². The molecule has 2 aromatic rings. The van der Waals surface area contributed by atoms with Crippen LogP contribution in [0, 0.1) is 6.92 Å². The van der Waals surface area contributed by atoms with Crippen LogP contribution < -0.4 is 10.6 Å². The fraction of sp³-hybridized carbons (Fsp3) is 0.455. The van der Waals surface area contributed by atoms with Crippen LogP contribution in [-0.4, -0.2) is 33.4 Å². The number of aromatic nitrogens is 3. The van der Waals surface area contributed by atoms with Crippen LogP contribution in [0.3, 0.4) is 0 Å². The highest BCUT2D eigenvalue weighted by Crippen LogP contribution is 2.25. The van der Waals surface area contributed by atoms with Crippen molar-refractivity contribution in [3.05, 3.63) is 11.1 Å². The smallest absolute Gasteiger partial charge is 0.236 e. The summed E-state index contributed by atoms with van der Waals surface area (Å²) in [4.78, 5) is 15.9. The number of rotatable bonds is 7. The van der Waals surface area contributed by atoms with E-state index in [2.05, 4.69) is 32.7 Å². The Kier molecular flexibility index (Phi) is 5.74. The lowest BCUT2D eigenvalue weighted by Gasteiger charge is -1.99. The number of hydrogen-bond acceptors (Lipinski definition) is 8. The zero-order valence-corrected chi connectivity index (χ0v) is 13.6. The van der Waals surface area contributed by atoms with Crippen molar-refractivity contribution in [2.45, 2.75) is 24.6 Å². The average Bonchev–Trinajstić information content (AvgIpc) is 3.03. The number of aryl methyl sites for hydroxylation is 1. The van der Waals surface area contributed by atoms with Crippen molar-refractivity contribution in [3.8, 4) is 0 Å². The van der Waals surface area contributed by atoms with Crippen LogP contribution in [-0.2, 0) is 4.79 Å². The third-order valence-electron chi connectivity index (χ3n) is 2.12. The maximum absolute atomic E-state index is 11.7. The molecule has 1 amide bonds. The van der Waals surface area contributed by atoms with Crippen molar-refractivity contribution in [2.24, 2.45) is 0 Å². The second-order valence-electron chi connectivity index (χ2n) is 3.93. The predicted molar refractivity (Wildman–Crippen MR) is 84.9 cm³/mol. The van der Waals surface area contributed by atoms with Gasteiger partial charge in [0.1, 0.15) is 0 Å². The van der Waals surface area contributed by atoms with Crippen molar-refractivity contribution >= 4 is 50.6 Å². The third kappa shape index (κ3) is 4.73. The molecule has 0 saturated heterocycles. The molecule has 0 radical (unpaired) electrons. The monoisotopic (exact) mass is 329 g/mol. The third-order valence-corrected chi connectivity index (χ3v) is 5.01. The van der Waals surface area contributed by atoms with Gasteiger partial charge in [-0.25, -0.2) is 4.98 Å². The Bertz CT molecular complexity index is 568. The molecule has 20 heavy (non-hydrogen) atoms. The number of hydrogen-bond donors (Lipinski definition) is 2. The van der Waals surface area contributed by atoms with E-state index >= 15 is 0 Å². The van der Waals surface area contributed by atoms with Crippen molar-refractivity contribution in [3.63, 3.8) is 0 Å². The minimum Gasteiger partial charge on any atom is -0.360 e. The molecule has 6 nitrogen and oxygen atoms in total. The van der Waals surface area contributed by atoms with Crippen LogP contribution in [0.4, 0.5) is 10.3 Å². The normalized spacial score (nSPS) is 10.5. The second kappa shape index (κ2) is 7.55.